The topological polar surface area (TPSA) is 68.5 Å². The van der Waals surface area contributed by atoms with E-state index in [9.17, 15) is 9.59 Å². The van der Waals surface area contributed by atoms with Crippen LogP contribution in [0, 0.1) is 0 Å². The first kappa shape index (κ1) is 22.7. The third-order valence-electron chi connectivity index (χ3n) is 4.70. The number of carbonyl (C=O) groups is 1. The molecule has 0 amide bonds. The van der Waals surface area contributed by atoms with Crippen molar-refractivity contribution in [3.63, 3.8) is 0 Å². The molecule has 0 saturated heterocycles. The van der Waals surface area contributed by atoms with E-state index in [0.29, 0.717) is 30.3 Å². The van der Waals surface area contributed by atoms with Gasteiger partial charge in [-0.15, -0.1) is 0 Å². The first-order valence-electron chi connectivity index (χ1n) is 9.71. The molecule has 0 unspecified atom stereocenters. The Morgan fingerprint density at radius 2 is 1.77 bits per heavy atom. The Kier molecular flexibility index (Phi) is 7.55. The van der Waals surface area contributed by atoms with Gasteiger partial charge in [0.15, 0.2) is 0 Å². The lowest BCUT2D eigenvalue weighted by Crippen LogP contribution is -2.24. The molecular formula is C24H21Cl2NO4. The van der Waals surface area contributed by atoms with E-state index in [1.54, 1.807) is 18.2 Å². The number of aromatic carboxylic acids is 1. The lowest BCUT2D eigenvalue weighted by Gasteiger charge is -2.13. The van der Waals surface area contributed by atoms with Crippen molar-refractivity contribution in [3.8, 4) is 5.75 Å². The van der Waals surface area contributed by atoms with Gasteiger partial charge in [0.05, 0.1) is 22.9 Å². The highest BCUT2D eigenvalue weighted by atomic mass is 35.5. The van der Waals surface area contributed by atoms with Crippen LogP contribution in [0.5, 0.6) is 5.75 Å². The SMILES string of the molecule is CCOc1ccccc1/C=C/c1c(Cl)cc(Cl)c(=O)n1CCc1ccc(C(=O)O)cc1. The molecule has 0 fully saturated rings. The maximum Gasteiger partial charge on any atom is 0.335 e. The smallest absolute Gasteiger partial charge is 0.335 e. The number of nitrogens with zero attached hydrogens (tertiary/aromatic N) is 1. The normalized spacial score (nSPS) is 11.1. The Hall–Kier alpha value is -3.02. The van der Waals surface area contributed by atoms with Gasteiger partial charge in [-0.25, -0.2) is 4.79 Å². The minimum atomic E-state index is -0.982. The molecule has 1 heterocycles. The zero-order valence-corrected chi connectivity index (χ0v) is 18.4. The predicted molar refractivity (Wildman–Crippen MR) is 124 cm³/mol. The third-order valence-corrected chi connectivity index (χ3v) is 5.28. The standard InChI is InChI=1S/C24H21Cl2NO4/c1-2-31-22-6-4-3-5-17(22)11-12-21-19(25)15-20(26)23(28)27(21)14-13-16-7-9-18(10-8-16)24(29)30/h3-12,15H,2,13-14H2,1H3,(H,29,30)/b12-11+. The maximum atomic E-state index is 12.7. The molecule has 31 heavy (non-hydrogen) atoms. The summed E-state index contributed by atoms with van der Waals surface area (Å²) in [5, 5.41) is 9.43. The number of benzene rings is 2. The Bertz CT molecular complexity index is 1170. The highest BCUT2D eigenvalue weighted by Gasteiger charge is 2.12. The summed E-state index contributed by atoms with van der Waals surface area (Å²) in [6.45, 7) is 2.79. The number of pyridine rings is 1. The van der Waals surface area contributed by atoms with Gasteiger partial charge in [-0.1, -0.05) is 53.5 Å². The molecule has 1 N–H and O–H groups in total. The zero-order chi connectivity index (χ0) is 22.4. The van der Waals surface area contributed by atoms with Gasteiger partial charge in [-0.05, 0) is 55.3 Å². The second-order valence-electron chi connectivity index (χ2n) is 6.74. The molecule has 0 bridgehead atoms. The summed E-state index contributed by atoms with van der Waals surface area (Å²) in [7, 11) is 0. The first-order chi connectivity index (χ1) is 14.9. The van der Waals surface area contributed by atoms with E-state index in [1.165, 1.54) is 22.8 Å². The number of halogens is 2. The molecule has 160 valence electrons. The van der Waals surface area contributed by atoms with E-state index in [-0.39, 0.29) is 16.1 Å². The van der Waals surface area contributed by atoms with Crippen molar-refractivity contribution in [1.82, 2.24) is 4.57 Å². The molecule has 5 nitrogen and oxygen atoms in total. The summed E-state index contributed by atoms with van der Waals surface area (Å²) in [5.74, 6) is -0.247. The molecule has 0 aliphatic heterocycles. The molecule has 7 heteroatoms. The van der Waals surface area contributed by atoms with E-state index in [0.717, 1.165) is 16.9 Å². The molecular weight excluding hydrogens is 437 g/mol. The van der Waals surface area contributed by atoms with Gasteiger partial charge >= 0.3 is 5.97 Å². The van der Waals surface area contributed by atoms with Crippen LogP contribution >= 0.6 is 23.2 Å². The quantitative estimate of drug-likeness (QED) is 0.473. The van der Waals surface area contributed by atoms with Crippen molar-refractivity contribution in [2.24, 2.45) is 0 Å². The number of carboxylic acids is 1. The van der Waals surface area contributed by atoms with Gasteiger partial charge in [0.1, 0.15) is 10.8 Å². The van der Waals surface area contributed by atoms with Crippen LogP contribution in [0.25, 0.3) is 12.2 Å². The second kappa shape index (κ2) is 10.3. The van der Waals surface area contributed by atoms with Gasteiger partial charge < -0.3 is 14.4 Å². The van der Waals surface area contributed by atoms with Gasteiger partial charge in [0.25, 0.3) is 5.56 Å². The summed E-state index contributed by atoms with van der Waals surface area (Å²) >= 11 is 12.5. The van der Waals surface area contributed by atoms with E-state index < -0.39 is 5.97 Å². The minimum Gasteiger partial charge on any atom is -0.493 e. The molecule has 0 saturated carbocycles. The number of carboxylic acid groups (broad SMARTS) is 1. The largest absolute Gasteiger partial charge is 0.493 e. The third kappa shape index (κ3) is 5.57. The molecule has 0 aliphatic rings. The van der Waals surface area contributed by atoms with Crippen molar-refractivity contribution < 1.29 is 14.6 Å². The molecule has 2 aromatic carbocycles. The van der Waals surface area contributed by atoms with Crippen LogP contribution < -0.4 is 10.3 Å². The highest BCUT2D eigenvalue weighted by molar-refractivity contribution is 6.35. The Balaban J connectivity index is 1.92. The number of hydrogen-bond donors (Lipinski definition) is 1. The maximum absolute atomic E-state index is 12.7. The highest BCUT2D eigenvalue weighted by Crippen LogP contribution is 2.24. The summed E-state index contributed by atoms with van der Waals surface area (Å²) in [4.78, 5) is 23.7. The first-order valence-corrected chi connectivity index (χ1v) is 10.5. The molecule has 0 aliphatic carbocycles. The lowest BCUT2D eigenvalue weighted by molar-refractivity contribution is 0.0697. The molecule has 0 atom stereocenters. The van der Waals surface area contributed by atoms with Crippen molar-refractivity contribution >= 4 is 41.3 Å². The molecule has 3 aromatic rings. The van der Waals surface area contributed by atoms with Gasteiger partial charge in [0.2, 0.25) is 0 Å². The van der Waals surface area contributed by atoms with E-state index in [2.05, 4.69) is 0 Å². The minimum absolute atomic E-state index is 0.0399. The molecule has 1 aromatic heterocycles. The number of rotatable bonds is 8. The fraction of sp³-hybridized carbons (Fsp3) is 0.167. The Morgan fingerprint density at radius 3 is 2.45 bits per heavy atom. The molecule has 0 spiro atoms. The summed E-state index contributed by atoms with van der Waals surface area (Å²) < 4.78 is 7.17. The summed E-state index contributed by atoms with van der Waals surface area (Å²) in [6.07, 6.45) is 4.12. The van der Waals surface area contributed by atoms with Crippen LogP contribution in [0.3, 0.4) is 0 Å². The summed E-state index contributed by atoms with van der Waals surface area (Å²) in [6, 6.07) is 15.6. The van der Waals surface area contributed by atoms with E-state index >= 15 is 0 Å². The van der Waals surface area contributed by atoms with Gasteiger partial charge in [0, 0.05) is 12.1 Å². The van der Waals surface area contributed by atoms with Crippen LogP contribution in [0.2, 0.25) is 10.0 Å². The number of hydrogen-bond acceptors (Lipinski definition) is 3. The number of aryl methyl sites for hydroxylation is 1. The Morgan fingerprint density at radius 1 is 1.06 bits per heavy atom. The zero-order valence-electron chi connectivity index (χ0n) is 16.8. The average Bonchev–Trinajstić information content (AvgIpc) is 2.76. The Labute approximate surface area is 190 Å². The molecule has 0 radical (unpaired) electrons. The second-order valence-corrected chi connectivity index (χ2v) is 7.55. The average molecular weight is 458 g/mol. The van der Waals surface area contributed by atoms with Crippen LogP contribution in [0.4, 0.5) is 0 Å². The van der Waals surface area contributed by atoms with Crippen LogP contribution in [-0.2, 0) is 13.0 Å². The van der Waals surface area contributed by atoms with Crippen molar-refractivity contribution in [2.75, 3.05) is 6.61 Å². The fourth-order valence-corrected chi connectivity index (χ4v) is 3.68. The van der Waals surface area contributed by atoms with E-state index in [4.69, 9.17) is 33.0 Å². The van der Waals surface area contributed by atoms with Crippen molar-refractivity contribution in [1.29, 1.82) is 0 Å². The van der Waals surface area contributed by atoms with E-state index in [1.807, 2.05) is 37.3 Å². The number of ether oxygens (including phenoxy) is 1. The lowest BCUT2D eigenvalue weighted by atomic mass is 10.1. The van der Waals surface area contributed by atoms with Crippen molar-refractivity contribution in [2.45, 2.75) is 19.9 Å². The van der Waals surface area contributed by atoms with Crippen LogP contribution in [0.1, 0.15) is 34.1 Å². The van der Waals surface area contributed by atoms with Crippen molar-refractivity contribution in [3.05, 3.63) is 97.4 Å². The van der Waals surface area contributed by atoms with Gasteiger partial charge in [-0.2, -0.15) is 0 Å². The van der Waals surface area contributed by atoms with Gasteiger partial charge in [-0.3, -0.25) is 4.79 Å². The number of para-hydroxylation sites is 1. The van der Waals surface area contributed by atoms with Crippen LogP contribution in [0.15, 0.2) is 59.4 Å². The summed E-state index contributed by atoms with van der Waals surface area (Å²) in [5.41, 5.74) is 2.15. The fourth-order valence-electron chi connectivity index (χ4n) is 3.13. The predicted octanol–water partition coefficient (Wildman–Crippen LogP) is 5.67. The monoisotopic (exact) mass is 457 g/mol. The van der Waals surface area contributed by atoms with Crippen LogP contribution in [-0.4, -0.2) is 22.2 Å². The number of aromatic nitrogens is 1. The molecule has 3 rings (SSSR count).